The number of methoxy groups -OCH3 is 1. The van der Waals surface area contributed by atoms with Crippen LogP contribution in [0.15, 0.2) is 64.2 Å². The predicted octanol–water partition coefficient (Wildman–Crippen LogP) is 2.11. The number of nitrogens with one attached hydrogen (secondary N) is 1. The van der Waals surface area contributed by atoms with Crippen LogP contribution in [0.5, 0.6) is 0 Å². The van der Waals surface area contributed by atoms with Gasteiger partial charge in [-0.05, 0) is 23.3 Å². The highest BCUT2D eigenvalue weighted by atomic mass is 19.1. The number of nitrogen functional groups attached to an aromatic ring is 1. The Morgan fingerprint density at radius 3 is 2.28 bits per heavy atom. The van der Waals surface area contributed by atoms with E-state index in [1.165, 1.54) is 23.8 Å². The molecule has 8 heteroatoms. The van der Waals surface area contributed by atoms with E-state index < -0.39 is 11.2 Å². The molecule has 0 aliphatic carbocycles. The van der Waals surface area contributed by atoms with Crippen molar-refractivity contribution in [1.82, 2.24) is 9.55 Å². The number of anilines is 2. The molecule has 0 aliphatic heterocycles. The van der Waals surface area contributed by atoms with Crippen LogP contribution < -0.4 is 21.9 Å². The Hall–Kier alpha value is -3.39. The highest BCUT2D eigenvalue weighted by Gasteiger charge is 2.19. The Morgan fingerprint density at radius 1 is 1.03 bits per heavy atom. The number of benzene rings is 2. The molecule has 0 amide bonds. The molecule has 0 saturated heterocycles. The first-order valence-corrected chi connectivity index (χ1v) is 9.14. The highest BCUT2D eigenvalue weighted by Crippen LogP contribution is 2.22. The smallest absolute Gasteiger partial charge is 0.330 e. The van der Waals surface area contributed by atoms with Gasteiger partial charge in [0.25, 0.3) is 5.56 Å². The van der Waals surface area contributed by atoms with Crippen LogP contribution >= 0.6 is 0 Å². The number of aromatic amines is 1. The lowest BCUT2D eigenvalue weighted by Crippen LogP contribution is -2.38. The van der Waals surface area contributed by atoms with Gasteiger partial charge in [0.2, 0.25) is 0 Å². The van der Waals surface area contributed by atoms with Gasteiger partial charge in [0.1, 0.15) is 17.3 Å². The molecule has 1 heterocycles. The summed E-state index contributed by atoms with van der Waals surface area (Å²) >= 11 is 0. The van der Waals surface area contributed by atoms with Crippen molar-refractivity contribution >= 4 is 11.5 Å². The van der Waals surface area contributed by atoms with Crippen LogP contribution in [-0.4, -0.2) is 23.3 Å². The second kappa shape index (κ2) is 9.20. The molecule has 3 N–H and O–H groups in total. The average Bonchev–Trinajstić information content (AvgIpc) is 2.70. The van der Waals surface area contributed by atoms with E-state index in [0.29, 0.717) is 13.1 Å². The summed E-state index contributed by atoms with van der Waals surface area (Å²) in [6.07, 6.45) is 0. The topological polar surface area (TPSA) is 93.3 Å². The SMILES string of the molecule is COCCn1c(N)c(N(Cc2ccccc2)Cc2ccc(F)cc2)c(=O)[nH]c1=O. The summed E-state index contributed by atoms with van der Waals surface area (Å²) in [5, 5.41) is 0. The molecule has 0 fully saturated rings. The molecular formula is C21H23FN4O3. The Kier molecular flexibility index (Phi) is 6.46. The van der Waals surface area contributed by atoms with Crippen molar-refractivity contribution in [2.75, 3.05) is 24.4 Å². The number of hydrogen-bond donors (Lipinski definition) is 2. The summed E-state index contributed by atoms with van der Waals surface area (Å²) in [6, 6.07) is 15.6. The minimum atomic E-state index is -0.588. The molecular weight excluding hydrogens is 375 g/mol. The lowest BCUT2D eigenvalue weighted by Gasteiger charge is -2.26. The first kappa shape index (κ1) is 20.3. The zero-order valence-corrected chi connectivity index (χ0v) is 16.1. The van der Waals surface area contributed by atoms with Crippen LogP contribution in [0.3, 0.4) is 0 Å². The second-order valence-corrected chi connectivity index (χ2v) is 6.61. The normalized spacial score (nSPS) is 10.8. The van der Waals surface area contributed by atoms with Crippen LogP contribution in [-0.2, 0) is 24.4 Å². The fourth-order valence-electron chi connectivity index (χ4n) is 3.12. The van der Waals surface area contributed by atoms with Crippen LogP contribution in [0, 0.1) is 5.82 Å². The maximum Gasteiger partial charge on any atom is 0.330 e. The van der Waals surface area contributed by atoms with E-state index in [-0.39, 0.29) is 30.5 Å². The van der Waals surface area contributed by atoms with Crippen molar-refractivity contribution in [3.05, 3.63) is 92.4 Å². The molecule has 3 aromatic rings. The summed E-state index contributed by atoms with van der Waals surface area (Å²) < 4.78 is 19.6. The zero-order valence-electron chi connectivity index (χ0n) is 16.1. The standard InChI is InChI=1S/C21H23FN4O3/c1-29-12-11-26-19(23)18(20(27)24-21(26)28)25(13-15-5-3-2-4-6-15)14-16-7-9-17(22)10-8-16/h2-10H,11-14,23H2,1H3,(H,24,27,28). The zero-order chi connectivity index (χ0) is 20.8. The molecule has 0 spiro atoms. The van der Waals surface area contributed by atoms with E-state index in [2.05, 4.69) is 4.98 Å². The minimum absolute atomic E-state index is 0.0637. The Balaban J connectivity index is 2.06. The Labute approximate surface area is 167 Å². The summed E-state index contributed by atoms with van der Waals surface area (Å²) in [5.41, 5.74) is 7.04. The Bertz CT molecular complexity index is 1060. The fourth-order valence-corrected chi connectivity index (χ4v) is 3.12. The molecule has 0 unspecified atom stereocenters. The number of H-pyrrole nitrogens is 1. The number of rotatable bonds is 8. The van der Waals surface area contributed by atoms with Crippen molar-refractivity contribution in [3.8, 4) is 0 Å². The van der Waals surface area contributed by atoms with Gasteiger partial charge in [0, 0.05) is 20.2 Å². The van der Waals surface area contributed by atoms with Crippen molar-refractivity contribution in [2.24, 2.45) is 0 Å². The molecule has 0 radical (unpaired) electrons. The number of nitrogens with zero attached hydrogens (tertiary/aromatic N) is 2. The number of hydrogen-bond acceptors (Lipinski definition) is 5. The molecule has 2 aromatic carbocycles. The van der Waals surface area contributed by atoms with E-state index in [9.17, 15) is 14.0 Å². The number of nitrogens with two attached hydrogens (primary N) is 1. The maximum atomic E-state index is 13.3. The van der Waals surface area contributed by atoms with Crippen molar-refractivity contribution < 1.29 is 9.13 Å². The van der Waals surface area contributed by atoms with E-state index >= 15 is 0 Å². The lowest BCUT2D eigenvalue weighted by atomic mass is 10.1. The molecule has 7 nitrogen and oxygen atoms in total. The summed E-state index contributed by atoms with van der Waals surface area (Å²) in [4.78, 5) is 29.0. The number of aromatic nitrogens is 2. The second-order valence-electron chi connectivity index (χ2n) is 6.61. The minimum Gasteiger partial charge on any atom is -0.383 e. The largest absolute Gasteiger partial charge is 0.383 e. The first-order chi connectivity index (χ1) is 14.0. The van der Waals surface area contributed by atoms with Gasteiger partial charge in [-0.1, -0.05) is 42.5 Å². The number of ether oxygens (including phenoxy) is 1. The van der Waals surface area contributed by atoms with E-state index in [1.54, 1.807) is 17.0 Å². The molecule has 3 rings (SSSR count). The van der Waals surface area contributed by atoms with Crippen molar-refractivity contribution in [3.63, 3.8) is 0 Å². The van der Waals surface area contributed by atoms with E-state index in [4.69, 9.17) is 10.5 Å². The van der Waals surface area contributed by atoms with Crippen molar-refractivity contribution in [1.29, 1.82) is 0 Å². The Morgan fingerprint density at radius 2 is 1.66 bits per heavy atom. The summed E-state index contributed by atoms with van der Waals surface area (Å²) in [6.45, 7) is 1.17. The highest BCUT2D eigenvalue weighted by molar-refractivity contribution is 5.62. The van der Waals surface area contributed by atoms with E-state index in [1.807, 2.05) is 30.3 Å². The molecule has 1 aromatic heterocycles. The molecule has 0 aliphatic rings. The van der Waals surface area contributed by atoms with Gasteiger partial charge >= 0.3 is 5.69 Å². The average molecular weight is 398 g/mol. The summed E-state index contributed by atoms with van der Waals surface area (Å²) in [7, 11) is 1.52. The molecule has 29 heavy (non-hydrogen) atoms. The van der Waals surface area contributed by atoms with Crippen LogP contribution in [0.4, 0.5) is 15.9 Å². The third-order valence-electron chi connectivity index (χ3n) is 4.55. The molecule has 0 bridgehead atoms. The van der Waals surface area contributed by atoms with E-state index in [0.717, 1.165) is 11.1 Å². The van der Waals surface area contributed by atoms with Gasteiger partial charge in [-0.3, -0.25) is 14.3 Å². The quantitative estimate of drug-likeness (QED) is 0.606. The van der Waals surface area contributed by atoms with Gasteiger partial charge in [-0.25, -0.2) is 9.18 Å². The maximum absolute atomic E-state index is 13.3. The van der Waals surface area contributed by atoms with Gasteiger partial charge in [0.15, 0.2) is 0 Å². The summed E-state index contributed by atoms with van der Waals surface area (Å²) in [5.74, 6) is -0.275. The van der Waals surface area contributed by atoms with Gasteiger partial charge in [-0.2, -0.15) is 0 Å². The molecule has 152 valence electrons. The third kappa shape index (κ3) is 4.91. The van der Waals surface area contributed by atoms with Crippen LogP contribution in [0.1, 0.15) is 11.1 Å². The van der Waals surface area contributed by atoms with Gasteiger partial charge in [-0.15, -0.1) is 0 Å². The lowest BCUT2D eigenvalue weighted by molar-refractivity contribution is 0.186. The van der Waals surface area contributed by atoms with Crippen molar-refractivity contribution in [2.45, 2.75) is 19.6 Å². The molecule has 0 saturated carbocycles. The first-order valence-electron chi connectivity index (χ1n) is 9.14. The predicted molar refractivity (Wildman–Crippen MR) is 110 cm³/mol. The fraction of sp³-hybridized carbons (Fsp3) is 0.238. The molecule has 0 atom stereocenters. The van der Waals surface area contributed by atoms with Gasteiger partial charge < -0.3 is 15.4 Å². The van der Waals surface area contributed by atoms with Gasteiger partial charge in [0.05, 0.1) is 13.2 Å². The van der Waals surface area contributed by atoms with Crippen LogP contribution in [0.25, 0.3) is 0 Å². The monoisotopic (exact) mass is 398 g/mol. The number of halogens is 1. The third-order valence-corrected chi connectivity index (χ3v) is 4.55. The van der Waals surface area contributed by atoms with Crippen LogP contribution in [0.2, 0.25) is 0 Å².